The SMILES string of the molecule is CN(Cc1cccs1)C(=O)CN1C(=O)NC(C)(c2ccc(Br)cc2)C1=O. The van der Waals surface area contributed by atoms with Crippen molar-refractivity contribution < 1.29 is 14.4 Å². The largest absolute Gasteiger partial charge is 0.339 e. The second kappa shape index (κ2) is 7.20. The summed E-state index contributed by atoms with van der Waals surface area (Å²) in [6, 6.07) is 10.5. The Balaban J connectivity index is 1.72. The van der Waals surface area contributed by atoms with Gasteiger partial charge in [0.05, 0.1) is 6.54 Å². The molecule has 0 radical (unpaired) electrons. The van der Waals surface area contributed by atoms with E-state index in [4.69, 9.17) is 0 Å². The van der Waals surface area contributed by atoms with Crippen LogP contribution in [0.1, 0.15) is 17.4 Å². The van der Waals surface area contributed by atoms with Crippen molar-refractivity contribution in [1.82, 2.24) is 15.1 Å². The Morgan fingerprint density at radius 1 is 1.27 bits per heavy atom. The molecule has 8 heteroatoms. The number of hydrogen-bond acceptors (Lipinski definition) is 4. The van der Waals surface area contributed by atoms with E-state index in [9.17, 15) is 14.4 Å². The highest BCUT2D eigenvalue weighted by molar-refractivity contribution is 9.10. The van der Waals surface area contributed by atoms with Crippen LogP contribution in [0.15, 0.2) is 46.3 Å². The standard InChI is InChI=1S/C18H18BrN3O3S/c1-18(12-5-7-13(19)8-6-12)16(24)22(17(25)20-18)11-15(23)21(2)10-14-4-3-9-26-14/h3-9H,10-11H2,1-2H3,(H,20,25). The van der Waals surface area contributed by atoms with Crippen molar-refractivity contribution in [1.29, 1.82) is 0 Å². The number of carbonyl (C=O) groups excluding carboxylic acids is 3. The van der Waals surface area contributed by atoms with E-state index in [0.29, 0.717) is 12.1 Å². The Morgan fingerprint density at radius 2 is 1.96 bits per heavy atom. The molecule has 1 aliphatic rings. The van der Waals surface area contributed by atoms with E-state index >= 15 is 0 Å². The van der Waals surface area contributed by atoms with Gasteiger partial charge in [0, 0.05) is 16.4 Å². The van der Waals surface area contributed by atoms with Crippen LogP contribution in [0.5, 0.6) is 0 Å². The quantitative estimate of drug-likeness (QED) is 0.733. The third-order valence-corrected chi connectivity index (χ3v) is 5.78. The zero-order chi connectivity index (χ0) is 18.9. The molecule has 136 valence electrons. The third-order valence-electron chi connectivity index (χ3n) is 4.39. The number of benzene rings is 1. The number of nitrogens with zero attached hydrogens (tertiary/aromatic N) is 2. The highest BCUT2D eigenvalue weighted by Crippen LogP contribution is 2.29. The van der Waals surface area contributed by atoms with Gasteiger partial charge in [-0.3, -0.25) is 14.5 Å². The van der Waals surface area contributed by atoms with Gasteiger partial charge in [-0.25, -0.2) is 4.79 Å². The molecule has 1 aromatic heterocycles. The number of halogens is 1. The van der Waals surface area contributed by atoms with Gasteiger partial charge in [-0.15, -0.1) is 11.3 Å². The van der Waals surface area contributed by atoms with Crippen LogP contribution in [0.25, 0.3) is 0 Å². The molecule has 4 amide bonds. The van der Waals surface area contributed by atoms with E-state index in [2.05, 4.69) is 21.2 Å². The highest BCUT2D eigenvalue weighted by atomic mass is 79.9. The monoisotopic (exact) mass is 435 g/mol. The van der Waals surface area contributed by atoms with Gasteiger partial charge in [0.2, 0.25) is 5.91 Å². The van der Waals surface area contributed by atoms with Crippen molar-refractivity contribution in [2.24, 2.45) is 0 Å². The summed E-state index contributed by atoms with van der Waals surface area (Å²) in [4.78, 5) is 41.2. The van der Waals surface area contributed by atoms with Crippen molar-refractivity contribution in [3.05, 3.63) is 56.7 Å². The van der Waals surface area contributed by atoms with Gasteiger partial charge in [0.15, 0.2) is 0 Å². The average Bonchev–Trinajstić information content (AvgIpc) is 3.18. The molecule has 1 aliphatic heterocycles. The zero-order valence-electron chi connectivity index (χ0n) is 14.4. The van der Waals surface area contributed by atoms with Crippen molar-refractivity contribution in [2.45, 2.75) is 19.0 Å². The minimum Gasteiger partial charge on any atom is -0.339 e. The van der Waals surface area contributed by atoms with Crippen LogP contribution < -0.4 is 5.32 Å². The fraction of sp³-hybridized carbons (Fsp3) is 0.278. The maximum Gasteiger partial charge on any atom is 0.325 e. The lowest BCUT2D eigenvalue weighted by Gasteiger charge is -2.23. The van der Waals surface area contributed by atoms with Gasteiger partial charge in [0.1, 0.15) is 12.1 Å². The number of carbonyl (C=O) groups is 3. The van der Waals surface area contributed by atoms with Crippen molar-refractivity contribution >= 4 is 45.1 Å². The molecule has 1 atom stereocenters. The normalized spacial score (nSPS) is 19.6. The van der Waals surface area contributed by atoms with E-state index in [0.717, 1.165) is 14.2 Å². The Labute approximate surface area is 163 Å². The van der Waals surface area contributed by atoms with E-state index < -0.39 is 17.5 Å². The average molecular weight is 436 g/mol. The number of thiophene rings is 1. The Bertz CT molecular complexity index is 838. The number of rotatable bonds is 5. The first-order valence-corrected chi connectivity index (χ1v) is 9.65. The molecular formula is C18H18BrN3O3S. The smallest absolute Gasteiger partial charge is 0.325 e. The van der Waals surface area contributed by atoms with Gasteiger partial charge in [-0.1, -0.05) is 34.1 Å². The molecule has 0 aliphatic carbocycles. The maximum absolute atomic E-state index is 12.9. The van der Waals surface area contributed by atoms with Gasteiger partial charge >= 0.3 is 6.03 Å². The molecule has 3 rings (SSSR count). The number of urea groups is 1. The van der Waals surface area contributed by atoms with Crippen LogP contribution >= 0.6 is 27.3 Å². The van der Waals surface area contributed by atoms with Crippen LogP contribution in [0.3, 0.4) is 0 Å². The summed E-state index contributed by atoms with van der Waals surface area (Å²) in [6.45, 7) is 1.82. The van der Waals surface area contributed by atoms with Crippen LogP contribution in [0, 0.1) is 0 Å². The molecule has 1 fully saturated rings. The first-order valence-electron chi connectivity index (χ1n) is 7.98. The number of nitrogens with one attached hydrogen (secondary N) is 1. The lowest BCUT2D eigenvalue weighted by atomic mass is 9.92. The number of amides is 4. The molecule has 1 N–H and O–H groups in total. The second-order valence-corrected chi connectivity index (χ2v) is 8.23. The first-order chi connectivity index (χ1) is 12.3. The number of hydrogen-bond donors (Lipinski definition) is 1. The van der Waals surface area contributed by atoms with Gasteiger partial charge in [0.25, 0.3) is 5.91 Å². The minimum absolute atomic E-state index is 0.279. The summed E-state index contributed by atoms with van der Waals surface area (Å²) in [5, 5.41) is 4.65. The molecule has 26 heavy (non-hydrogen) atoms. The summed E-state index contributed by atoms with van der Waals surface area (Å²) < 4.78 is 0.879. The van der Waals surface area contributed by atoms with Gasteiger partial charge in [-0.2, -0.15) is 0 Å². The Kier molecular flexibility index (Phi) is 5.15. The second-order valence-electron chi connectivity index (χ2n) is 6.28. The summed E-state index contributed by atoms with van der Waals surface area (Å²) in [5.74, 6) is -0.718. The topological polar surface area (TPSA) is 69.7 Å². The predicted molar refractivity (Wildman–Crippen MR) is 103 cm³/mol. The molecule has 1 saturated heterocycles. The zero-order valence-corrected chi connectivity index (χ0v) is 16.8. The van der Waals surface area contributed by atoms with Crippen molar-refractivity contribution in [3.63, 3.8) is 0 Å². The van der Waals surface area contributed by atoms with Crippen LogP contribution in [-0.4, -0.2) is 41.2 Å². The molecule has 0 saturated carbocycles. The summed E-state index contributed by atoms with van der Waals surface area (Å²) in [6.07, 6.45) is 0. The third kappa shape index (κ3) is 3.52. The van der Waals surface area contributed by atoms with Crippen molar-refractivity contribution in [2.75, 3.05) is 13.6 Å². The molecule has 6 nitrogen and oxygen atoms in total. The molecule has 0 bridgehead atoms. The minimum atomic E-state index is -1.18. The lowest BCUT2D eigenvalue weighted by Crippen LogP contribution is -2.43. The fourth-order valence-corrected chi connectivity index (χ4v) is 3.82. The Morgan fingerprint density at radius 3 is 2.58 bits per heavy atom. The molecule has 2 heterocycles. The van der Waals surface area contributed by atoms with E-state index in [1.54, 1.807) is 37.4 Å². The maximum atomic E-state index is 12.9. The molecule has 1 aromatic carbocycles. The number of imide groups is 1. The van der Waals surface area contributed by atoms with E-state index in [1.165, 1.54) is 4.90 Å². The molecule has 2 aromatic rings. The summed E-state index contributed by atoms with van der Waals surface area (Å²) >= 11 is 4.90. The van der Waals surface area contributed by atoms with Crippen molar-refractivity contribution in [3.8, 4) is 0 Å². The van der Waals surface area contributed by atoms with Gasteiger partial charge in [-0.05, 0) is 36.1 Å². The number of likely N-dealkylation sites (N-methyl/N-ethyl adjacent to an activating group) is 1. The van der Waals surface area contributed by atoms with Crippen LogP contribution in [0.4, 0.5) is 4.79 Å². The predicted octanol–water partition coefficient (Wildman–Crippen LogP) is 2.94. The lowest BCUT2D eigenvalue weighted by molar-refractivity contribution is -0.138. The van der Waals surface area contributed by atoms with Crippen LogP contribution in [-0.2, 0) is 21.7 Å². The van der Waals surface area contributed by atoms with E-state index in [1.807, 2.05) is 29.6 Å². The van der Waals surface area contributed by atoms with Gasteiger partial charge < -0.3 is 10.2 Å². The highest BCUT2D eigenvalue weighted by Gasteiger charge is 2.49. The molecular weight excluding hydrogens is 418 g/mol. The fourth-order valence-electron chi connectivity index (χ4n) is 2.80. The summed E-state index contributed by atoms with van der Waals surface area (Å²) in [5.41, 5.74) is -0.509. The molecule has 1 unspecified atom stereocenters. The molecule has 0 spiro atoms. The Hall–Kier alpha value is -2.19. The summed E-state index contributed by atoms with van der Waals surface area (Å²) in [7, 11) is 1.66. The first kappa shape index (κ1) is 18.6. The van der Waals surface area contributed by atoms with Crippen LogP contribution in [0.2, 0.25) is 0 Å². The van der Waals surface area contributed by atoms with E-state index in [-0.39, 0.29) is 12.5 Å².